The summed E-state index contributed by atoms with van der Waals surface area (Å²) in [6.07, 6.45) is 1.51. The SMILES string of the molecule is O=C(Cc1ccc(Nc2nc3cc(F)ccc3o2)c(Cl)c1)N1C[C@@H](F)C[C@H]1CO[C@H]1CC[C@H](C(=O)O)CC1. The number of halogens is 3. The van der Waals surface area contributed by atoms with Crippen molar-refractivity contribution in [2.75, 3.05) is 18.5 Å². The van der Waals surface area contributed by atoms with E-state index >= 15 is 0 Å². The molecule has 38 heavy (non-hydrogen) atoms. The second-order valence-electron chi connectivity index (χ2n) is 9.93. The fraction of sp³-hybridized carbons (Fsp3) is 0.444. The Bertz CT molecular complexity index is 1330. The number of ether oxygens (including phenoxy) is 1. The number of rotatable bonds is 8. The number of alkyl halides is 1. The zero-order valence-electron chi connectivity index (χ0n) is 20.5. The van der Waals surface area contributed by atoms with Crippen LogP contribution >= 0.6 is 11.6 Å². The van der Waals surface area contributed by atoms with Gasteiger partial charge in [0.2, 0.25) is 5.91 Å². The molecule has 0 unspecified atom stereocenters. The number of oxazole rings is 1. The summed E-state index contributed by atoms with van der Waals surface area (Å²) in [5.41, 5.74) is 1.97. The second kappa shape index (κ2) is 11.2. The first-order chi connectivity index (χ1) is 18.2. The number of carbonyl (C=O) groups is 2. The lowest BCUT2D eigenvalue weighted by Gasteiger charge is -2.29. The first-order valence-electron chi connectivity index (χ1n) is 12.6. The van der Waals surface area contributed by atoms with Crippen molar-refractivity contribution in [1.82, 2.24) is 9.88 Å². The molecular formula is C27H28ClF2N3O5. The Morgan fingerprint density at radius 2 is 1.97 bits per heavy atom. The standard InChI is InChI=1S/C27H28ClF2N3O5/c28-21-9-15(1-7-22(21)31-27-32-23-12-17(29)4-8-24(23)38-27)10-25(34)33-13-18(30)11-19(33)14-37-20-5-2-16(3-6-20)26(35)36/h1,4,7-9,12,16,18-20H,2-3,5-6,10-11,13-14H2,(H,31,32)(H,35,36)/t16-,18-,19-,20-/m0/s1. The van der Waals surface area contributed by atoms with Crippen molar-refractivity contribution in [3.63, 3.8) is 0 Å². The fourth-order valence-electron chi connectivity index (χ4n) is 5.16. The largest absolute Gasteiger partial charge is 0.481 e. The van der Waals surface area contributed by atoms with Crippen LogP contribution in [0.2, 0.25) is 5.02 Å². The molecule has 2 atom stereocenters. The van der Waals surface area contributed by atoms with E-state index in [2.05, 4.69) is 10.3 Å². The number of likely N-dealkylation sites (tertiary alicyclic amines) is 1. The lowest BCUT2D eigenvalue weighted by atomic mass is 9.87. The highest BCUT2D eigenvalue weighted by molar-refractivity contribution is 6.33. The van der Waals surface area contributed by atoms with Crippen LogP contribution in [-0.2, 0) is 20.7 Å². The third kappa shape index (κ3) is 6.07. The van der Waals surface area contributed by atoms with Crippen LogP contribution in [0, 0.1) is 11.7 Å². The van der Waals surface area contributed by atoms with E-state index in [1.165, 1.54) is 23.1 Å². The smallest absolute Gasteiger partial charge is 0.306 e. The minimum Gasteiger partial charge on any atom is -0.481 e. The molecule has 202 valence electrons. The number of carboxylic acids is 1. The van der Waals surface area contributed by atoms with E-state index in [-0.39, 0.29) is 56.0 Å². The van der Waals surface area contributed by atoms with Gasteiger partial charge in [0.1, 0.15) is 17.5 Å². The molecule has 1 aromatic heterocycles. The molecule has 2 heterocycles. The summed E-state index contributed by atoms with van der Waals surface area (Å²) in [7, 11) is 0. The van der Waals surface area contributed by atoms with Crippen LogP contribution in [0.15, 0.2) is 40.8 Å². The maximum atomic E-state index is 14.3. The van der Waals surface area contributed by atoms with Crippen molar-refractivity contribution >= 4 is 46.3 Å². The molecule has 3 aromatic rings. The molecule has 11 heteroatoms. The van der Waals surface area contributed by atoms with Crippen molar-refractivity contribution in [2.45, 2.75) is 56.8 Å². The van der Waals surface area contributed by atoms with Crippen molar-refractivity contribution in [3.05, 3.63) is 52.8 Å². The average molecular weight is 548 g/mol. The molecular weight excluding hydrogens is 520 g/mol. The van der Waals surface area contributed by atoms with E-state index in [1.54, 1.807) is 18.2 Å². The molecule has 0 spiro atoms. The maximum Gasteiger partial charge on any atom is 0.306 e. The summed E-state index contributed by atoms with van der Waals surface area (Å²) in [6, 6.07) is 8.91. The monoisotopic (exact) mass is 547 g/mol. The van der Waals surface area contributed by atoms with Gasteiger partial charge in [-0.05, 0) is 55.5 Å². The predicted octanol–water partition coefficient (Wildman–Crippen LogP) is 5.51. The van der Waals surface area contributed by atoms with Crippen LogP contribution in [0.5, 0.6) is 0 Å². The number of anilines is 2. The van der Waals surface area contributed by atoms with E-state index in [0.29, 0.717) is 53.1 Å². The van der Waals surface area contributed by atoms with Gasteiger partial charge < -0.3 is 24.5 Å². The first kappa shape index (κ1) is 26.4. The van der Waals surface area contributed by atoms with Crippen molar-refractivity contribution in [2.24, 2.45) is 5.92 Å². The number of hydrogen-bond donors (Lipinski definition) is 2. The van der Waals surface area contributed by atoms with Gasteiger partial charge in [0.15, 0.2) is 5.58 Å². The number of aromatic nitrogens is 1. The summed E-state index contributed by atoms with van der Waals surface area (Å²) in [4.78, 5) is 30.0. The minimum atomic E-state index is -1.12. The number of benzene rings is 2. The molecule has 2 aliphatic rings. The van der Waals surface area contributed by atoms with Gasteiger partial charge in [-0.25, -0.2) is 8.78 Å². The number of carboxylic acid groups (broad SMARTS) is 1. The minimum absolute atomic E-state index is 0.0182. The third-order valence-electron chi connectivity index (χ3n) is 7.21. The van der Waals surface area contributed by atoms with E-state index in [4.69, 9.17) is 25.9 Å². The molecule has 1 aliphatic heterocycles. The highest BCUT2D eigenvalue weighted by Gasteiger charge is 2.36. The Balaban J connectivity index is 1.17. The van der Waals surface area contributed by atoms with Gasteiger partial charge in [-0.15, -0.1) is 0 Å². The number of nitrogens with one attached hydrogen (secondary N) is 1. The number of hydrogen-bond acceptors (Lipinski definition) is 6. The summed E-state index contributed by atoms with van der Waals surface area (Å²) < 4.78 is 39.2. The molecule has 8 nitrogen and oxygen atoms in total. The lowest BCUT2D eigenvalue weighted by Crippen LogP contribution is -2.40. The van der Waals surface area contributed by atoms with Gasteiger partial charge >= 0.3 is 5.97 Å². The van der Waals surface area contributed by atoms with Crippen LogP contribution in [0.1, 0.15) is 37.7 Å². The van der Waals surface area contributed by atoms with Crippen LogP contribution < -0.4 is 5.32 Å². The van der Waals surface area contributed by atoms with Gasteiger partial charge in [0.25, 0.3) is 6.01 Å². The predicted molar refractivity (Wildman–Crippen MR) is 137 cm³/mol. The number of aliphatic carboxylic acids is 1. The van der Waals surface area contributed by atoms with E-state index in [9.17, 15) is 18.4 Å². The Morgan fingerprint density at radius 3 is 2.71 bits per heavy atom. The maximum absolute atomic E-state index is 14.3. The molecule has 2 N–H and O–H groups in total. The molecule has 2 aromatic carbocycles. The Labute approximate surface area is 222 Å². The molecule has 1 saturated heterocycles. The highest BCUT2D eigenvalue weighted by atomic mass is 35.5. The van der Waals surface area contributed by atoms with Crippen LogP contribution in [0.4, 0.5) is 20.5 Å². The third-order valence-corrected chi connectivity index (χ3v) is 7.52. The van der Waals surface area contributed by atoms with E-state index in [1.807, 2.05) is 0 Å². The Hall–Kier alpha value is -3.24. The molecule has 1 saturated carbocycles. The molecule has 5 rings (SSSR count). The summed E-state index contributed by atoms with van der Waals surface area (Å²) in [5.74, 6) is -1.74. The Kier molecular flexibility index (Phi) is 7.80. The highest BCUT2D eigenvalue weighted by Crippen LogP contribution is 2.30. The molecule has 0 radical (unpaired) electrons. The molecule has 1 aliphatic carbocycles. The van der Waals surface area contributed by atoms with Crippen molar-refractivity contribution in [3.8, 4) is 0 Å². The lowest BCUT2D eigenvalue weighted by molar-refractivity contribution is -0.144. The average Bonchev–Trinajstić information content (AvgIpc) is 3.46. The van der Waals surface area contributed by atoms with Crippen LogP contribution in [0.25, 0.3) is 11.1 Å². The first-order valence-corrected chi connectivity index (χ1v) is 13.0. The van der Waals surface area contributed by atoms with Crippen molar-refractivity contribution < 1.29 is 32.6 Å². The van der Waals surface area contributed by atoms with Gasteiger partial charge in [-0.1, -0.05) is 17.7 Å². The topological polar surface area (TPSA) is 105 Å². The van der Waals surface area contributed by atoms with Crippen LogP contribution in [-0.4, -0.2) is 58.3 Å². The molecule has 0 bridgehead atoms. The van der Waals surface area contributed by atoms with Gasteiger partial charge in [-0.3, -0.25) is 9.59 Å². The zero-order valence-corrected chi connectivity index (χ0v) is 21.3. The number of nitrogens with zero attached hydrogens (tertiary/aromatic N) is 2. The van der Waals surface area contributed by atoms with Crippen LogP contribution in [0.3, 0.4) is 0 Å². The summed E-state index contributed by atoms with van der Waals surface area (Å²) in [5, 5.41) is 12.4. The zero-order chi connectivity index (χ0) is 26.8. The van der Waals surface area contributed by atoms with Crippen molar-refractivity contribution in [1.29, 1.82) is 0 Å². The fourth-order valence-corrected chi connectivity index (χ4v) is 5.41. The molecule has 2 fully saturated rings. The van der Waals surface area contributed by atoms with Gasteiger partial charge in [-0.2, -0.15) is 4.98 Å². The quantitative estimate of drug-likeness (QED) is 0.383. The second-order valence-corrected chi connectivity index (χ2v) is 10.3. The number of amides is 1. The van der Waals surface area contributed by atoms with E-state index in [0.717, 1.165) is 0 Å². The Morgan fingerprint density at radius 1 is 1.18 bits per heavy atom. The number of carbonyl (C=O) groups excluding carboxylic acids is 1. The van der Waals surface area contributed by atoms with Gasteiger partial charge in [0, 0.05) is 12.5 Å². The van der Waals surface area contributed by atoms with Gasteiger partial charge in [0.05, 0.1) is 48.3 Å². The molecule has 1 amide bonds. The van der Waals surface area contributed by atoms with E-state index < -0.39 is 18.0 Å². The summed E-state index contributed by atoms with van der Waals surface area (Å²) in [6.45, 7) is 0.247. The summed E-state index contributed by atoms with van der Waals surface area (Å²) >= 11 is 6.43. The number of fused-ring (bicyclic) bond motifs is 1. The normalized spacial score (nSPS) is 23.6.